The number of piperazine rings is 1. The molecule has 0 N–H and O–H groups in total. The first kappa shape index (κ1) is 17.5. The van der Waals surface area contributed by atoms with Crippen molar-refractivity contribution in [1.82, 2.24) is 14.6 Å². The summed E-state index contributed by atoms with van der Waals surface area (Å²) in [4.78, 5) is 4.74. The normalized spacial score (nSPS) is 14.9. The van der Waals surface area contributed by atoms with Crippen molar-refractivity contribution in [3.05, 3.63) is 78.1 Å². The summed E-state index contributed by atoms with van der Waals surface area (Å²) in [7, 11) is 0. The number of hydrogen-bond donors (Lipinski definition) is 0. The highest BCUT2D eigenvalue weighted by molar-refractivity contribution is 5.88. The maximum atomic E-state index is 9.43. The van der Waals surface area contributed by atoms with E-state index < -0.39 is 0 Å². The standard InChI is InChI=1S/C23H21N5O/c24-16-18-6-1-3-9-21(18)28-11-5-7-19(28)17-26-12-14-27(15-13-26)23-20-8-2-4-10-22(20)29-25-23/h1-11H,12-15,17H2. The van der Waals surface area contributed by atoms with Crippen LogP contribution in [0.5, 0.6) is 0 Å². The number of benzene rings is 2. The minimum atomic E-state index is 0.688. The van der Waals surface area contributed by atoms with Gasteiger partial charge in [0.1, 0.15) is 6.07 Å². The van der Waals surface area contributed by atoms with E-state index >= 15 is 0 Å². The van der Waals surface area contributed by atoms with Gasteiger partial charge in [-0.05, 0) is 36.4 Å². The van der Waals surface area contributed by atoms with Crippen molar-refractivity contribution in [1.29, 1.82) is 5.26 Å². The fourth-order valence-electron chi connectivity index (χ4n) is 4.01. The van der Waals surface area contributed by atoms with Crippen LogP contribution in [0, 0.1) is 11.3 Å². The third kappa shape index (κ3) is 3.26. The summed E-state index contributed by atoms with van der Waals surface area (Å²) in [6, 6.07) is 22.2. The Hall–Kier alpha value is -3.56. The molecule has 2 aromatic heterocycles. The summed E-state index contributed by atoms with van der Waals surface area (Å²) in [5, 5.41) is 14.8. The first-order chi connectivity index (χ1) is 14.3. The predicted molar refractivity (Wildman–Crippen MR) is 112 cm³/mol. The molecule has 1 aliphatic heterocycles. The van der Waals surface area contributed by atoms with E-state index in [1.165, 1.54) is 5.69 Å². The van der Waals surface area contributed by atoms with Crippen LogP contribution in [0.4, 0.5) is 5.82 Å². The minimum Gasteiger partial charge on any atom is -0.354 e. The molecule has 1 fully saturated rings. The molecule has 0 saturated carbocycles. The second kappa shape index (κ2) is 7.46. The van der Waals surface area contributed by atoms with Gasteiger partial charge in [-0.1, -0.05) is 29.4 Å². The van der Waals surface area contributed by atoms with E-state index in [9.17, 15) is 5.26 Å². The van der Waals surface area contributed by atoms with Gasteiger partial charge in [0, 0.05) is 44.6 Å². The summed E-state index contributed by atoms with van der Waals surface area (Å²) < 4.78 is 7.59. The third-order valence-corrected chi connectivity index (χ3v) is 5.53. The van der Waals surface area contributed by atoms with Gasteiger partial charge in [-0.15, -0.1) is 0 Å². The Labute approximate surface area is 169 Å². The van der Waals surface area contributed by atoms with Crippen molar-refractivity contribution < 1.29 is 4.52 Å². The first-order valence-electron chi connectivity index (χ1n) is 9.81. The molecule has 0 atom stereocenters. The van der Waals surface area contributed by atoms with Crippen LogP contribution < -0.4 is 4.90 Å². The minimum absolute atomic E-state index is 0.688. The molecule has 6 nitrogen and oxygen atoms in total. The van der Waals surface area contributed by atoms with Gasteiger partial charge in [0.15, 0.2) is 11.4 Å². The number of hydrogen-bond acceptors (Lipinski definition) is 5. The second-order valence-electron chi connectivity index (χ2n) is 7.26. The lowest BCUT2D eigenvalue weighted by Gasteiger charge is -2.34. The Kier molecular flexibility index (Phi) is 4.51. The SMILES string of the molecule is N#Cc1ccccc1-n1cccc1CN1CCN(c2noc3ccccc23)CC1. The number of nitriles is 1. The number of nitrogens with zero attached hydrogens (tertiary/aromatic N) is 5. The fraction of sp³-hybridized carbons (Fsp3) is 0.217. The molecule has 0 bridgehead atoms. The highest BCUT2D eigenvalue weighted by Crippen LogP contribution is 2.27. The molecule has 0 amide bonds. The Morgan fingerprint density at radius 3 is 2.59 bits per heavy atom. The lowest BCUT2D eigenvalue weighted by atomic mass is 10.2. The van der Waals surface area contributed by atoms with Gasteiger partial charge in [0.2, 0.25) is 0 Å². The van der Waals surface area contributed by atoms with E-state index in [1.54, 1.807) is 0 Å². The monoisotopic (exact) mass is 383 g/mol. The number of aromatic nitrogens is 2. The Balaban J connectivity index is 1.30. The molecule has 3 heterocycles. The Morgan fingerprint density at radius 1 is 0.931 bits per heavy atom. The van der Waals surface area contributed by atoms with Crippen LogP contribution in [0.3, 0.4) is 0 Å². The number of rotatable bonds is 4. The molecule has 6 heteroatoms. The summed E-state index contributed by atoms with van der Waals surface area (Å²) >= 11 is 0. The topological polar surface area (TPSA) is 61.2 Å². The molecule has 4 aromatic rings. The van der Waals surface area contributed by atoms with E-state index in [0.29, 0.717) is 5.56 Å². The van der Waals surface area contributed by atoms with E-state index in [0.717, 1.165) is 55.2 Å². The molecule has 2 aromatic carbocycles. The highest BCUT2D eigenvalue weighted by atomic mass is 16.5. The van der Waals surface area contributed by atoms with Crippen molar-refractivity contribution >= 4 is 16.8 Å². The third-order valence-electron chi connectivity index (χ3n) is 5.53. The van der Waals surface area contributed by atoms with Crippen LogP contribution in [0.1, 0.15) is 11.3 Å². The number of anilines is 1. The molecule has 0 radical (unpaired) electrons. The lowest BCUT2D eigenvalue weighted by Crippen LogP contribution is -2.46. The second-order valence-corrected chi connectivity index (χ2v) is 7.26. The van der Waals surface area contributed by atoms with Crippen molar-refractivity contribution in [2.24, 2.45) is 0 Å². The van der Waals surface area contributed by atoms with E-state index in [-0.39, 0.29) is 0 Å². The number of fused-ring (bicyclic) bond motifs is 1. The average Bonchev–Trinajstić information content (AvgIpc) is 3.41. The summed E-state index contributed by atoms with van der Waals surface area (Å²) in [5.74, 6) is 0.937. The molecule has 5 rings (SSSR count). The fourth-order valence-corrected chi connectivity index (χ4v) is 4.01. The number of para-hydroxylation sites is 2. The quantitative estimate of drug-likeness (QED) is 0.536. The molecule has 1 saturated heterocycles. The van der Waals surface area contributed by atoms with Crippen molar-refractivity contribution in [3.8, 4) is 11.8 Å². The van der Waals surface area contributed by atoms with Crippen molar-refractivity contribution in [3.63, 3.8) is 0 Å². The van der Waals surface area contributed by atoms with Crippen LogP contribution in [0.25, 0.3) is 16.7 Å². The zero-order valence-electron chi connectivity index (χ0n) is 16.0. The zero-order chi connectivity index (χ0) is 19.6. The smallest absolute Gasteiger partial charge is 0.180 e. The largest absolute Gasteiger partial charge is 0.354 e. The summed E-state index contributed by atoms with van der Waals surface area (Å²) in [6.45, 7) is 4.57. The summed E-state index contributed by atoms with van der Waals surface area (Å²) in [6.07, 6.45) is 2.03. The van der Waals surface area contributed by atoms with E-state index in [1.807, 2.05) is 54.7 Å². The van der Waals surface area contributed by atoms with Crippen molar-refractivity contribution in [2.45, 2.75) is 6.54 Å². The van der Waals surface area contributed by atoms with Gasteiger partial charge in [-0.3, -0.25) is 4.90 Å². The molecule has 29 heavy (non-hydrogen) atoms. The van der Waals surface area contributed by atoms with Gasteiger partial charge in [-0.2, -0.15) is 5.26 Å². The van der Waals surface area contributed by atoms with Gasteiger partial charge < -0.3 is 14.0 Å². The maximum absolute atomic E-state index is 9.43. The molecule has 144 valence electrons. The van der Waals surface area contributed by atoms with Gasteiger partial charge in [0.05, 0.1) is 16.6 Å². The molecule has 1 aliphatic rings. The van der Waals surface area contributed by atoms with Crippen LogP contribution in [0.2, 0.25) is 0 Å². The predicted octanol–water partition coefficient (Wildman–Crippen LogP) is 3.81. The van der Waals surface area contributed by atoms with Crippen LogP contribution >= 0.6 is 0 Å². The summed E-state index contributed by atoms with van der Waals surface area (Å²) in [5.41, 5.74) is 3.64. The molecule has 0 unspecified atom stereocenters. The van der Waals surface area contributed by atoms with Crippen molar-refractivity contribution in [2.75, 3.05) is 31.1 Å². The van der Waals surface area contributed by atoms with Gasteiger partial charge in [0.25, 0.3) is 0 Å². The average molecular weight is 383 g/mol. The van der Waals surface area contributed by atoms with E-state index in [4.69, 9.17) is 4.52 Å². The molecular formula is C23H21N5O. The molecule has 0 spiro atoms. The Bertz CT molecular complexity index is 1180. The van der Waals surface area contributed by atoms with E-state index in [2.05, 4.69) is 37.7 Å². The van der Waals surface area contributed by atoms with Gasteiger partial charge >= 0.3 is 0 Å². The molecular weight excluding hydrogens is 362 g/mol. The van der Waals surface area contributed by atoms with Crippen LogP contribution in [-0.4, -0.2) is 40.8 Å². The zero-order valence-corrected chi connectivity index (χ0v) is 16.0. The first-order valence-corrected chi connectivity index (χ1v) is 9.81. The highest BCUT2D eigenvalue weighted by Gasteiger charge is 2.22. The van der Waals surface area contributed by atoms with Crippen LogP contribution in [0.15, 0.2) is 71.4 Å². The van der Waals surface area contributed by atoms with Crippen LogP contribution in [-0.2, 0) is 6.54 Å². The molecule has 0 aliphatic carbocycles. The maximum Gasteiger partial charge on any atom is 0.180 e. The Morgan fingerprint density at radius 2 is 1.72 bits per heavy atom. The van der Waals surface area contributed by atoms with Gasteiger partial charge in [-0.25, -0.2) is 0 Å². The lowest BCUT2D eigenvalue weighted by molar-refractivity contribution is 0.244.